The van der Waals surface area contributed by atoms with Crippen LogP contribution in [-0.2, 0) is 20.1 Å². The van der Waals surface area contributed by atoms with E-state index in [1.54, 1.807) is 0 Å². The molecule has 1 radical (unpaired) electrons. The van der Waals surface area contributed by atoms with E-state index in [0.29, 0.717) is 23.1 Å². The van der Waals surface area contributed by atoms with Crippen molar-refractivity contribution < 1.29 is 24.2 Å². The smallest absolute Gasteiger partial charge is 0.0795 e. The number of benzene rings is 6. The summed E-state index contributed by atoms with van der Waals surface area (Å²) in [5.74, 6) is 1.60. The fourth-order valence-corrected chi connectivity index (χ4v) is 9.36. The summed E-state index contributed by atoms with van der Waals surface area (Å²) in [5.41, 5.74) is 10.9. The van der Waals surface area contributed by atoms with Crippen molar-refractivity contribution in [1.29, 1.82) is 0 Å². The standard InChI is InChI=1S/C37H31N2S.C14H16NSi.Ir/c1-23(2)29-21-27(25-12-6-5-7-13-25)22-30(24(3)4)36(29)39-33-16-10-9-15-32(33)38-37(39)26-18-19-35-31(20-26)28-14-8-11-17-34(28)40-35;1-16(2,3)13-9-10-14(15-11-13)12-7-5-4-6-8-12;/h5-17,19-24H,1-4H3;4-7,9-11H,1-3H3;/q2*-1;/i;4D,5D,6D;. The van der Waals surface area contributed by atoms with Crippen LogP contribution in [0.15, 0.2) is 146 Å². The largest absolute Gasteiger partial charge is 0.333 e. The number of hydrogen-bond acceptors (Lipinski definition) is 3. The van der Waals surface area contributed by atoms with Crippen LogP contribution in [-0.4, -0.2) is 22.6 Å². The van der Waals surface area contributed by atoms with Gasteiger partial charge in [0.05, 0.1) is 24.9 Å². The maximum atomic E-state index is 7.64. The second-order valence-electron chi connectivity index (χ2n) is 15.9. The number of hydrogen-bond donors (Lipinski definition) is 0. The van der Waals surface area contributed by atoms with Gasteiger partial charge in [0.15, 0.2) is 0 Å². The summed E-state index contributed by atoms with van der Waals surface area (Å²) >= 11 is 1.82. The van der Waals surface area contributed by atoms with Crippen LogP contribution in [0.25, 0.3) is 70.7 Å². The van der Waals surface area contributed by atoms with Crippen molar-refractivity contribution >= 4 is 55.8 Å². The van der Waals surface area contributed by atoms with Crippen LogP contribution in [0.1, 0.15) is 54.8 Å². The molecule has 0 spiro atoms. The molecule has 3 nitrogen and oxygen atoms in total. The van der Waals surface area contributed by atoms with Gasteiger partial charge >= 0.3 is 0 Å². The molecule has 6 heteroatoms. The molecule has 3 heterocycles. The zero-order valence-corrected chi connectivity index (χ0v) is 37.6. The molecule has 0 saturated carbocycles. The van der Waals surface area contributed by atoms with Gasteiger partial charge in [-0.2, -0.15) is 11.3 Å². The third-order valence-corrected chi connectivity index (χ3v) is 13.5. The molecule has 0 unspecified atom stereocenters. The summed E-state index contributed by atoms with van der Waals surface area (Å²) in [5, 5.41) is 3.82. The number of imidazole rings is 1. The van der Waals surface area contributed by atoms with Crippen LogP contribution in [0.4, 0.5) is 0 Å². The van der Waals surface area contributed by atoms with Crippen molar-refractivity contribution in [3.63, 3.8) is 0 Å². The first-order chi connectivity index (χ1) is 28.3. The number of rotatable bonds is 7. The summed E-state index contributed by atoms with van der Waals surface area (Å²) in [4.78, 5) is 9.65. The molecule has 0 amide bonds. The van der Waals surface area contributed by atoms with Crippen LogP contribution in [0.2, 0.25) is 19.6 Å². The molecule has 0 aliphatic heterocycles. The fraction of sp³-hybridized carbons (Fsp3) is 0.176. The van der Waals surface area contributed by atoms with Crippen LogP contribution in [0.5, 0.6) is 0 Å². The molecule has 0 N–H and O–H groups in total. The fourth-order valence-electron chi connectivity index (χ4n) is 7.26. The first-order valence-corrected chi connectivity index (χ1v) is 23.6. The van der Waals surface area contributed by atoms with Crippen molar-refractivity contribution in [1.82, 2.24) is 14.5 Å². The maximum Gasteiger partial charge on any atom is 0.0795 e. The second kappa shape index (κ2) is 16.9. The van der Waals surface area contributed by atoms with Gasteiger partial charge in [-0.25, -0.2) is 0 Å². The first kappa shape index (κ1) is 36.4. The summed E-state index contributed by atoms with van der Waals surface area (Å²) in [7, 11) is -1.36. The van der Waals surface area contributed by atoms with Crippen molar-refractivity contribution in [2.24, 2.45) is 0 Å². The molecule has 9 aromatic rings. The van der Waals surface area contributed by atoms with Gasteiger partial charge in [-0.05, 0) is 86.8 Å². The minimum Gasteiger partial charge on any atom is -0.333 e. The number of fused-ring (bicyclic) bond motifs is 4. The average molecular weight is 957 g/mol. The zero-order chi connectivity index (χ0) is 41.6. The first-order valence-electron chi connectivity index (χ1n) is 20.8. The Morgan fingerprint density at radius 3 is 2.07 bits per heavy atom. The Bertz CT molecular complexity index is 2920. The van der Waals surface area contributed by atoms with Gasteiger partial charge in [0, 0.05) is 39.4 Å². The minimum atomic E-state index is -1.36. The molecule has 6 aromatic carbocycles. The topological polar surface area (TPSA) is 30.7 Å². The molecule has 9 rings (SSSR count). The molecule has 0 atom stereocenters. The van der Waals surface area contributed by atoms with E-state index >= 15 is 0 Å². The van der Waals surface area contributed by atoms with Gasteiger partial charge in [-0.3, -0.25) is 4.98 Å². The zero-order valence-electron chi connectivity index (χ0n) is 36.4. The van der Waals surface area contributed by atoms with Crippen LogP contribution < -0.4 is 5.19 Å². The number of nitrogens with zero attached hydrogens (tertiary/aromatic N) is 3. The van der Waals surface area contributed by atoms with Gasteiger partial charge in [0.2, 0.25) is 0 Å². The van der Waals surface area contributed by atoms with Gasteiger partial charge in [-0.1, -0.05) is 126 Å². The normalized spacial score (nSPS) is 12.3. The average Bonchev–Trinajstić information content (AvgIpc) is 3.81. The molecular weight excluding hydrogens is 907 g/mol. The number of para-hydroxylation sites is 2. The van der Waals surface area contributed by atoms with E-state index < -0.39 is 8.07 Å². The van der Waals surface area contributed by atoms with E-state index in [4.69, 9.17) is 9.10 Å². The van der Waals surface area contributed by atoms with E-state index in [9.17, 15) is 0 Å². The van der Waals surface area contributed by atoms with Crippen LogP contribution in [0.3, 0.4) is 0 Å². The third-order valence-electron chi connectivity index (χ3n) is 10.3. The molecule has 0 bridgehead atoms. The van der Waals surface area contributed by atoms with Gasteiger partial charge in [0.25, 0.3) is 0 Å². The molecule has 0 aliphatic carbocycles. The second-order valence-corrected chi connectivity index (χ2v) is 22.1. The number of pyridine rings is 1. The minimum absolute atomic E-state index is 0. The molecule has 0 saturated heterocycles. The molecule has 3 aromatic heterocycles. The van der Waals surface area contributed by atoms with Gasteiger partial charge in [-0.15, -0.1) is 59.6 Å². The summed E-state index contributed by atoms with van der Waals surface area (Å²) in [6.45, 7) is 16.0. The SMILES string of the molecule is CC(C)c1cc(-c2ccccc2)cc(C(C)C)c1-n1c(-c2[c-]cc3sc4ccccc4c3c2)nc2ccccc21.[2H]c1[c-]c(-c2ccc([Si](C)(C)C)cn2)cc([2H])c1[2H].[Ir]. The Morgan fingerprint density at radius 1 is 0.684 bits per heavy atom. The van der Waals surface area contributed by atoms with Crippen LogP contribution >= 0.6 is 11.3 Å². The Balaban J connectivity index is 0.000000230. The Hall–Kier alpha value is -4.97. The van der Waals surface area contributed by atoms with Crippen LogP contribution in [0, 0.1) is 12.1 Å². The predicted molar refractivity (Wildman–Crippen MR) is 243 cm³/mol. The van der Waals surface area contributed by atoms with Crippen molar-refractivity contribution in [3.8, 4) is 39.5 Å². The Morgan fingerprint density at radius 2 is 1.39 bits per heavy atom. The quantitative estimate of drug-likeness (QED) is 0.118. The third kappa shape index (κ3) is 8.24. The Kier molecular flexibility index (Phi) is 10.8. The monoisotopic (exact) mass is 957 g/mol. The van der Waals surface area contributed by atoms with E-state index in [1.165, 1.54) is 59.4 Å². The van der Waals surface area contributed by atoms with Gasteiger partial charge < -0.3 is 9.55 Å². The van der Waals surface area contributed by atoms with Gasteiger partial charge in [0.1, 0.15) is 0 Å². The molecule has 0 fully saturated rings. The van der Waals surface area contributed by atoms with Crippen molar-refractivity contribution in [3.05, 3.63) is 169 Å². The molecule has 0 aliphatic rings. The Labute approximate surface area is 360 Å². The summed E-state index contributed by atoms with van der Waals surface area (Å²) < 4.78 is 27.7. The summed E-state index contributed by atoms with van der Waals surface area (Å²) in [6.07, 6.45) is 1.87. The maximum absolute atomic E-state index is 7.64. The van der Waals surface area contributed by atoms with E-state index in [1.807, 2.05) is 23.6 Å². The number of aromatic nitrogens is 3. The van der Waals surface area contributed by atoms with Crippen molar-refractivity contribution in [2.45, 2.75) is 59.2 Å². The van der Waals surface area contributed by atoms with Crippen molar-refractivity contribution in [2.75, 3.05) is 0 Å². The molecular formula is C51H47IrN3SSi-2. The van der Waals surface area contributed by atoms with E-state index in [-0.39, 0.29) is 38.2 Å². The molecule has 57 heavy (non-hydrogen) atoms. The van der Waals surface area contributed by atoms with E-state index in [0.717, 1.165) is 22.4 Å². The number of thiophene rings is 1. The summed E-state index contributed by atoms with van der Waals surface area (Å²) in [6, 6.07) is 48.9. The van der Waals surface area contributed by atoms with E-state index in [2.05, 4.69) is 178 Å². The predicted octanol–water partition coefficient (Wildman–Crippen LogP) is 13.9. The molecule has 287 valence electrons.